The van der Waals surface area contributed by atoms with Gasteiger partial charge >= 0.3 is 0 Å². The van der Waals surface area contributed by atoms with Gasteiger partial charge in [-0.25, -0.2) is 0 Å². The molecule has 1 saturated heterocycles. The molecule has 1 fully saturated rings. The number of carbonyl (C=O) groups is 2. The average Bonchev–Trinajstić information content (AvgIpc) is 3.40. The number of nitrogens with one attached hydrogen (secondary N) is 1. The van der Waals surface area contributed by atoms with Crippen LogP contribution >= 0.6 is 11.8 Å². The van der Waals surface area contributed by atoms with Crippen molar-refractivity contribution in [1.82, 2.24) is 4.90 Å². The highest BCUT2D eigenvalue weighted by Gasteiger charge is 2.33. The first kappa shape index (κ1) is 20.7. The molecule has 9 heteroatoms. The van der Waals surface area contributed by atoms with E-state index in [1.54, 1.807) is 42.4 Å². The van der Waals surface area contributed by atoms with Gasteiger partial charge < -0.3 is 14.6 Å². The van der Waals surface area contributed by atoms with E-state index in [9.17, 15) is 19.7 Å². The zero-order chi connectivity index (χ0) is 22.0. The number of furan rings is 1. The minimum Gasteiger partial charge on any atom is -0.467 e. The second kappa shape index (κ2) is 8.65. The lowest BCUT2D eigenvalue weighted by Crippen LogP contribution is -2.27. The number of nitro benzene ring substituents is 1. The van der Waals surface area contributed by atoms with Gasteiger partial charge in [0.1, 0.15) is 11.1 Å². The quantitative estimate of drug-likeness (QED) is 0.449. The van der Waals surface area contributed by atoms with Gasteiger partial charge in [-0.2, -0.15) is 0 Å². The Hall–Kier alpha value is -3.59. The summed E-state index contributed by atoms with van der Waals surface area (Å²) in [5.41, 5.74) is 2.07. The first-order valence-corrected chi connectivity index (χ1v) is 10.6. The SMILES string of the molecule is Cc1c(NC(=O)c2ccc(C3SCC(=O)N3Cc3ccco3)cc2)cccc1[N+](=O)[O-]. The smallest absolute Gasteiger partial charge is 0.274 e. The van der Waals surface area contributed by atoms with Crippen LogP contribution in [0.2, 0.25) is 0 Å². The van der Waals surface area contributed by atoms with E-state index >= 15 is 0 Å². The second-order valence-corrected chi connectivity index (χ2v) is 8.12. The van der Waals surface area contributed by atoms with Crippen molar-refractivity contribution in [3.05, 3.63) is 93.4 Å². The summed E-state index contributed by atoms with van der Waals surface area (Å²) in [7, 11) is 0. The Balaban J connectivity index is 1.49. The average molecular weight is 437 g/mol. The van der Waals surface area contributed by atoms with Crippen molar-refractivity contribution in [3.8, 4) is 0 Å². The summed E-state index contributed by atoms with van der Waals surface area (Å²) >= 11 is 1.53. The van der Waals surface area contributed by atoms with Gasteiger partial charge in [0.2, 0.25) is 5.91 Å². The molecule has 0 bridgehead atoms. The van der Waals surface area contributed by atoms with Crippen LogP contribution in [0.4, 0.5) is 11.4 Å². The molecule has 158 valence electrons. The van der Waals surface area contributed by atoms with Crippen LogP contribution in [0.5, 0.6) is 0 Å². The lowest BCUT2D eigenvalue weighted by Gasteiger charge is -2.23. The number of carbonyl (C=O) groups excluding carboxylic acids is 2. The van der Waals surface area contributed by atoms with Crippen LogP contribution in [0.15, 0.2) is 65.3 Å². The minimum atomic E-state index is -0.477. The Morgan fingerprint density at radius 3 is 2.68 bits per heavy atom. The lowest BCUT2D eigenvalue weighted by atomic mass is 10.1. The zero-order valence-electron chi connectivity index (χ0n) is 16.6. The van der Waals surface area contributed by atoms with Crippen molar-refractivity contribution in [3.63, 3.8) is 0 Å². The molecule has 1 unspecified atom stereocenters. The van der Waals surface area contributed by atoms with E-state index in [0.29, 0.717) is 34.9 Å². The summed E-state index contributed by atoms with van der Waals surface area (Å²) in [5.74, 6) is 0.774. The molecule has 2 amide bonds. The van der Waals surface area contributed by atoms with Gasteiger partial charge in [0.25, 0.3) is 11.6 Å². The molecule has 0 spiro atoms. The van der Waals surface area contributed by atoms with E-state index in [4.69, 9.17) is 4.42 Å². The van der Waals surface area contributed by atoms with Crippen LogP contribution in [0.3, 0.4) is 0 Å². The Morgan fingerprint density at radius 2 is 2.00 bits per heavy atom. The summed E-state index contributed by atoms with van der Waals surface area (Å²) in [4.78, 5) is 37.3. The zero-order valence-corrected chi connectivity index (χ0v) is 17.4. The van der Waals surface area contributed by atoms with Crippen molar-refractivity contribution in [2.24, 2.45) is 0 Å². The first-order chi connectivity index (χ1) is 14.9. The van der Waals surface area contributed by atoms with Crippen molar-refractivity contribution >= 4 is 35.0 Å². The molecular formula is C22H19N3O5S. The molecule has 1 aliphatic rings. The third kappa shape index (κ3) is 4.31. The maximum absolute atomic E-state index is 12.6. The summed E-state index contributed by atoms with van der Waals surface area (Å²) in [5, 5.41) is 13.7. The monoisotopic (exact) mass is 437 g/mol. The number of nitrogens with zero attached hydrogens (tertiary/aromatic N) is 2. The molecule has 1 aliphatic heterocycles. The molecule has 0 aliphatic carbocycles. The third-order valence-corrected chi connectivity index (χ3v) is 6.34. The number of hydrogen-bond donors (Lipinski definition) is 1. The Kier molecular flexibility index (Phi) is 5.77. The summed E-state index contributed by atoms with van der Waals surface area (Å²) < 4.78 is 5.37. The van der Waals surface area contributed by atoms with Crippen molar-refractivity contribution in [1.29, 1.82) is 0 Å². The molecule has 1 aromatic heterocycles. The predicted octanol–water partition coefficient (Wildman–Crippen LogP) is 4.52. The van der Waals surface area contributed by atoms with Crippen LogP contribution in [-0.2, 0) is 11.3 Å². The first-order valence-electron chi connectivity index (χ1n) is 9.53. The molecule has 2 heterocycles. The molecule has 8 nitrogen and oxygen atoms in total. The molecule has 2 aromatic carbocycles. The number of anilines is 1. The van der Waals surface area contributed by atoms with Gasteiger partial charge in [-0.1, -0.05) is 18.2 Å². The minimum absolute atomic E-state index is 0.0365. The standard InChI is InChI=1S/C22H19N3O5S/c1-14-18(5-2-6-19(14)25(28)29)23-21(27)15-7-9-16(10-8-15)22-24(20(26)13-31-22)12-17-4-3-11-30-17/h2-11,22H,12-13H2,1H3,(H,23,27). The summed E-state index contributed by atoms with van der Waals surface area (Å²) in [6.07, 6.45) is 1.58. The highest BCUT2D eigenvalue weighted by molar-refractivity contribution is 8.00. The molecule has 4 rings (SSSR count). The highest BCUT2D eigenvalue weighted by atomic mass is 32.2. The number of rotatable bonds is 6. The number of thioether (sulfide) groups is 1. The number of nitro groups is 1. The number of amides is 2. The van der Waals surface area contributed by atoms with E-state index in [1.165, 1.54) is 23.9 Å². The Bertz CT molecular complexity index is 1130. The van der Waals surface area contributed by atoms with Crippen molar-refractivity contribution in [2.75, 3.05) is 11.1 Å². The molecule has 1 atom stereocenters. The fourth-order valence-corrected chi connectivity index (χ4v) is 4.61. The molecule has 0 radical (unpaired) electrons. The van der Waals surface area contributed by atoms with Crippen molar-refractivity contribution < 1.29 is 18.9 Å². The van der Waals surface area contributed by atoms with Gasteiger partial charge in [-0.05, 0) is 42.8 Å². The fraction of sp³-hybridized carbons (Fsp3) is 0.182. The molecule has 0 saturated carbocycles. The molecular weight excluding hydrogens is 418 g/mol. The van der Waals surface area contributed by atoms with Crippen LogP contribution in [0, 0.1) is 17.0 Å². The molecule has 3 aromatic rings. The maximum atomic E-state index is 12.6. The highest BCUT2D eigenvalue weighted by Crippen LogP contribution is 2.39. The van der Waals surface area contributed by atoms with Crippen LogP contribution < -0.4 is 5.32 Å². The molecule has 1 N–H and O–H groups in total. The predicted molar refractivity (Wildman–Crippen MR) is 117 cm³/mol. The van der Waals surface area contributed by atoms with E-state index in [1.807, 2.05) is 18.2 Å². The second-order valence-electron chi connectivity index (χ2n) is 7.05. The summed E-state index contributed by atoms with van der Waals surface area (Å²) in [6.45, 7) is 1.98. The van der Waals surface area contributed by atoms with E-state index in [2.05, 4.69) is 5.32 Å². The lowest BCUT2D eigenvalue weighted by molar-refractivity contribution is -0.385. The third-order valence-electron chi connectivity index (χ3n) is 5.08. The molecule has 31 heavy (non-hydrogen) atoms. The van der Waals surface area contributed by atoms with Gasteiger partial charge in [0, 0.05) is 11.6 Å². The topological polar surface area (TPSA) is 106 Å². The maximum Gasteiger partial charge on any atom is 0.274 e. The van der Waals surface area contributed by atoms with Gasteiger partial charge in [0.15, 0.2) is 0 Å². The van der Waals surface area contributed by atoms with Gasteiger partial charge in [-0.15, -0.1) is 11.8 Å². The Morgan fingerprint density at radius 1 is 1.23 bits per heavy atom. The number of hydrogen-bond acceptors (Lipinski definition) is 6. The fourth-order valence-electron chi connectivity index (χ4n) is 3.42. The van der Waals surface area contributed by atoms with Crippen molar-refractivity contribution in [2.45, 2.75) is 18.8 Å². The van der Waals surface area contributed by atoms with Crippen LogP contribution in [0.1, 0.15) is 32.6 Å². The van der Waals surface area contributed by atoms with Gasteiger partial charge in [0.05, 0.1) is 34.7 Å². The van der Waals surface area contributed by atoms with Crippen LogP contribution in [0.25, 0.3) is 0 Å². The Labute approximate surface area is 182 Å². The van der Waals surface area contributed by atoms with Gasteiger partial charge in [-0.3, -0.25) is 19.7 Å². The summed E-state index contributed by atoms with van der Waals surface area (Å²) in [6, 6.07) is 15.2. The van der Waals surface area contributed by atoms with E-state index in [0.717, 1.165) is 5.56 Å². The number of benzene rings is 2. The van der Waals surface area contributed by atoms with E-state index < -0.39 is 4.92 Å². The largest absolute Gasteiger partial charge is 0.467 e. The van der Waals surface area contributed by atoms with E-state index in [-0.39, 0.29) is 22.9 Å². The van der Waals surface area contributed by atoms with Crippen LogP contribution in [-0.4, -0.2) is 27.4 Å². The normalized spacial score (nSPS) is 15.8.